The fourth-order valence-corrected chi connectivity index (χ4v) is 4.82. The van der Waals surface area contributed by atoms with E-state index in [4.69, 9.17) is 10.5 Å². The molecule has 0 bridgehead atoms. The van der Waals surface area contributed by atoms with Gasteiger partial charge in [0.1, 0.15) is 11.5 Å². The Morgan fingerprint density at radius 3 is 2.48 bits per heavy atom. The molecule has 1 heterocycles. The van der Waals surface area contributed by atoms with Crippen LogP contribution < -0.4 is 10.5 Å². The number of ketones is 1. The molecule has 0 saturated heterocycles. The smallest absolute Gasteiger partial charge is 0.251 e. The number of Topliss-reactive ketones (excluding diaryl/α,β-unsaturated/α-hetero) is 1. The van der Waals surface area contributed by atoms with Crippen LogP contribution in [-0.2, 0) is 18.3 Å². The van der Waals surface area contributed by atoms with Crippen LogP contribution in [0.1, 0.15) is 59.8 Å². The van der Waals surface area contributed by atoms with Crippen LogP contribution in [0.3, 0.4) is 0 Å². The van der Waals surface area contributed by atoms with Crippen molar-refractivity contribution in [2.45, 2.75) is 52.1 Å². The number of nitrogens with zero attached hydrogens (tertiary/aromatic N) is 1. The van der Waals surface area contributed by atoms with E-state index in [0.29, 0.717) is 12.0 Å². The maximum atomic E-state index is 12.3. The van der Waals surface area contributed by atoms with Crippen LogP contribution in [0, 0.1) is 12.8 Å². The van der Waals surface area contributed by atoms with Gasteiger partial charge in [0.05, 0.1) is 17.2 Å². The first kappa shape index (κ1) is 21.2. The molecule has 0 atom stereocenters. The summed E-state index contributed by atoms with van der Waals surface area (Å²) >= 11 is 0. The summed E-state index contributed by atoms with van der Waals surface area (Å²) in [5.41, 5.74) is 10.5. The molecule has 1 aliphatic carbocycles. The van der Waals surface area contributed by atoms with Gasteiger partial charge in [-0.3, -0.25) is 9.59 Å². The predicted molar refractivity (Wildman–Crippen MR) is 122 cm³/mol. The fourth-order valence-electron chi connectivity index (χ4n) is 4.82. The molecule has 4 rings (SSSR count). The molecule has 0 radical (unpaired) electrons. The normalized spacial score (nSPS) is 18.8. The molecular formula is C26H30N2O3. The molecule has 31 heavy (non-hydrogen) atoms. The molecule has 1 amide bonds. The minimum absolute atomic E-state index is 0.121. The molecule has 0 unspecified atom stereocenters. The minimum Gasteiger partial charge on any atom is -0.490 e. The number of benzene rings is 2. The molecule has 5 heteroatoms. The quantitative estimate of drug-likeness (QED) is 0.630. The Morgan fingerprint density at radius 2 is 1.84 bits per heavy atom. The van der Waals surface area contributed by atoms with Crippen LogP contribution >= 0.6 is 0 Å². The maximum Gasteiger partial charge on any atom is 0.251 e. The topological polar surface area (TPSA) is 74.3 Å². The van der Waals surface area contributed by atoms with Gasteiger partial charge in [0, 0.05) is 36.5 Å². The van der Waals surface area contributed by atoms with Crippen LogP contribution in [0.4, 0.5) is 0 Å². The Balaban J connectivity index is 1.63. The lowest BCUT2D eigenvalue weighted by Crippen LogP contribution is -2.27. The number of amides is 1. The summed E-state index contributed by atoms with van der Waals surface area (Å²) < 4.78 is 8.30. The van der Waals surface area contributed by atoms with E-state index in [2.05, 4.69) is 29.7 Å². The van der Waals surface area contributed by atoms with E-state index in [-0.39, 0.29) is 17.8 Å². The zero-order valence-corrected chi connectivity index (χ0v) is 18.5. The third-order valence-electron chi connectivity index (χ3n) is 6.55. The summed E-state index contributed by atoms with van der Waals surface area (Å²) in [6.45, 7) is 3.74. The molecule has 0 spiro atoms. The molecule has 2 N–H and O–H groups in total. The van der Waals surface area contributed by atoms with Crippen molar-refractivity contribution in [2.24, 2.45) is 18.7 Å². The van der Waals surface area contributed by atoms with Gasteiger partial charge in [0.2, 0.25) is 0 Å². The number of carbonyl (C=O) groups is 2. The third kappa shape index (κ3) is 4.36. The summed E-state index contributed by atoms with van der Waals surface area (Å²) in [6, 6.07) is 14.2. The zero-order valence-electron chi connectivity index (χ0n) is 18.5. The molecule has 1 aliphatic rings. The molecule has 1 aromatic heterocycles. The Labute approximate surface area is 183 Å². The lowest BCUT2D eigenvalue weighted by Gasteiger charge is -2.27. The molecule has 162 valence electrons. The van der Waals surface area contributed by atoms with Crippen molar-refractivity contribution < 1.29 is 14.3 Å². The highest BCUT2D eigenvalue weighted by Gasteiger charge is 2.26. The van der Waals surface area contributed by atoms with Crippen LogP contribution in [0.15, 0.2) is 42.5 Å². The second kappa shape index (κ2) is 8.58. The molecule has 0 aliphatic heterocycles. The number of carbonyl (C=O) groups excluding carboxylic acids is 2. The van der Waals surface area contributed by atoms with Gasteiger partial charge >= 0.3 is 0 Å². The highest BCUT2D eigenvalue weighted by molar-refractivity contribution is 6.08. The summed E-state index contributed by atoms with van der Waals surface area (Å²) in [5.74, 6) is 0.836. The van der Waals surface area contributed by atoms with E-state index in [0.717, 1.165) is 53.6 Å². The Bertz CT molecular complexity index is 1140. The van der Waals surface area contributed by atoms with E-state index in [1.54, 1.807) is 6.92 Å². The van der Waals surface area contributed by atoms with Crippen molar-refractivity contribution in [1.82, 2.24) is 4.57 Å². The summed E-state index contributed by atoms with van der Waals surface area (Å²) in [5, 5.41) is 0.852. The van der Waals surface area contributed by atoms with Gasteiger partial charge in [-0.1, -0.05) is 29.8 Å². The van der Waals surface area contributed by atoms with Crippen LogP contribution in [0.25, 0.3) is 10.9 Å². The fraction of sp³-hybridized carbons (Fsp3) is 0.385. The zero-order chi connectivity index (χ0) is 22.1. The number of primary amides is 1. The average Bonchev–Trinajstić information content (AvgIpc) is 3.00. The number of hydrogen-bond acceptors (Lipinski definition) is 3. The number of ether oxygens (including phenoxy) is 1. The SMILES string of the molecule is CC(=O)C1CCC(Oc2ccc3c(C(N)=O)c(Cc4cccc(C)c4)n(C)c3c2)CC1. The van der Waals surface area contributed by atoms with E-state index in [1.807, 2.05) is 31.3 Å². The number of rotatable bonds is 6. The summed E-state index contributed by atoms with van der Waals surface area (Å²) in [4.78, 5) is 23.9. The van der Waals surface area contributed by atoms with Gasteiger partial charge in [-0.25, -0.2) is 0 Å². The molecule has 3 aromatic rings. The van der Waals surface area contributed by atoms with Gasteiger partial charge in [-0.15, -0.1) is 0 Å². The van der Waals surface area contributed by atoms with Crippen molar-refractivity contribution >= 4 is 22.6 Å². The number of fused-ring (bicyclic) bond motifs is 1. The van der Waals surface area contributed by atoms with Crippen LogP contribution in [-0.4, -0.2) is 22.4 Å². The van der Waals surface area contributed by atoms with E-state index >= 15 is 0 Å². The molecule has 2 aromatic carbocycles. The highest BCUT2D eigenvalue weighted by atomic mass is 16.5. The van der Waals surface area contributed by atoms with Crippen molar-refractivity contribution in [3.63, 3.8) is 0 Å². The second-order valence-corrected chi connectivity index (χ2v) is 8.79. The summed E-state index contributed by atoms with van der Waals surface area (Å²) in [7, 11) is 1.97. The third-order valence-corrected chi connectivity index (χ3v) is 6.55. The number of aromatic nitrogens is 1. The van der Waals surface area contributed by atoms with Gasteiger partial charge in [0.25, 0.3) is 5.91 Å². The number of nitrogens with two attached hydrogens (primary N) is 1. The minimum atomic E-state index is -0.413. The molecule has 1 fully saturated rings. The monoisotopic (exact) mass is 418 g/mol. The van der Waals surface area contributed by atoms with Crippen molar-refractivity contribution in [3.8, 4) is 5.75 Å². The standard InChI is InChI=1S/C26H30N2O3/c1-16-5-4-6-18(13-16)14-24-25(26(27)30)22-12-11-21(15-23(22)28(24)3)31-20-9-7-19(8-10-20)17(2)29/h4-6,11-13,15,19-20H,7-10,14H2,1-3H3,(H2,27,30). The van der Waals surface area contributed by atoms with Crippen molar-refractivity contribution in [2.75, 3.05) is 0 Å². The molecular weight excluding hydrogens is 388 g/mol. The van der Waals surface area contributed by atoms with Crippen LogP contribution in [0.5, 0.6) is 5.75 Å². The van der Waals surface area contributed by atoms with Crippen LogP contribution in [0.2, 0.25) is 0 Å². The lowest BCUT2D eigenvalue weighted by molar-refractivity contribution is -0.122. The van der Waals surface area contributed by atoms with E-state index in [9.17, 15) is 9.59 Å². The summed E-state index contributed by atoms with van der Waals surface area (Å²) in [6.07, 6.45) is 4.31. The van der Waals surface area contributed by atoms with Crippen molar-refractivity contribution in [1.29, 1.82) is 0 Å². The first-order chi connectivity index (χ1) is 14.8. The van der Waals surface area contributed by atoms with Gasteiger partial charge < -0.3 is 15.0 Å². The Kier molecular flexibility index (Phi) is 5.86. The maximum absolute atomic E-state index is 12.3. The first-order valence-electron chi connectivity index (χ1n) is 11.0. The van der Waals surface area contributed by atoms with Gasteiger partial charge in [-0.05, 0) is 57.2 Å². The van der Waals surface area contributed by atoms with E-state index < -0.39 is 5.91 Å². The Hall–Kier alpha value is -3.08. The van der Waals surface area contributed by atoms with E-state index in [1.165, 1.54) is 5.56 Å². The highest BCUT2D eigenvalue weighted by Crippen LogP contribution is 2.33. The molecule has 5 nitrogen and oxygen atoms in total. The first-order valence-corrected chi connectivity index (χ1v) is 11.0. The van der Waals surface area contributed by atoms with Crippen molar-refractivity contribution in [3.05, 3.63) is 64.8 Å². The Morgan fingerprint density at radius 1 is 1.10 bits per heavy atom. The largest absolute Gasteiger partial charge is 0.490 e. The number of hydrogen-bond donors (Lipinski definition) is 1. The number of aryl methyl sites for hydroxylation is 2. The second-order valence-electron chi connectivity index (χ2n) is 8.79. The van der Waals surface area contributed by atoms with Gasteiger partial charge in [0.15, 0.2) is 0 Å². The lowest BCUT2D eigenvalue weighted by atomic mass is 9.85. The average molecular weight is 419 g/mol. The molecule has 1 saturated carbocycles. The predicted octanol–water partition coefficient (Wildman–Crippen LogP) is 4.70. The van der Waals surface area contributed by atoms with Gasteiger partial charge in [-0.2, -0.15) is 0 Å².